The standard InChI is InChI=1S/C20H16FN3/c21-17-11-9-15(10-12-17)14-22-20-19(16-6-2-1-3-7-16)23-18-8-4-5-13-24(18)20/h1-13,22H,14H2. The number of hydrogen-bond donors (Lipinski definition) is 1. The van der Waals surface area contributed by atoms with Gasteiger partial charge >= 0.3 is 0 Å². The number of hydrogen-bond acceptors (Lipinski definition) is 2. The Hall–Kier alpha value is -3.14. The van der Waals surface area contributed by atoms with Crippen molar-refractivity contribution in [2.24, 2.45) is 0 Å². The molecule has 4 aromatic rings. The highest BCUT2D eigenvalue weighted by Crippen LogP contribution is 2.28. The summed E-state index contributed by atoms with van der Waals surface area (Å²) < 4.78 is 15.1. The van der Waals surface area contributed by atoms with Crippen molar-refractivity contribution in [3.05, 3.63) is 90.4 Å². The Bertz CT molecular complexity index is 959. The minimum Gasteiger partial charge on any atom is -0.365 e. The molecular weight excluding hydrogens is 301 g/mol. The van der Waals surface area contributed by atoms with Crippen LogP contribution in [-0.2, 0) is 6.54 Å². The van der Waals surface area contributed by atoms with Gasteiger partial charge in [0.25, 0.3) is 0 Å². The molecule has 118 valence electrons. The fourth-order valence-electron chi connectivity index (χ4n) is 2.75. The number of halogens is 1. The monoisotopic (exact) mass is 317 g/mol. The van der Waals surface area contributed by atoms with E-state index in [1.807, 2.05) is 59.1 Å². The average Bonchev–Trinajstić information content (AvgIpc) is 3.01. The van der Waals surface area contributed by atoms with Gasteiger partial charge in [0, 0.05) is 18.3 Å². The molecule has 0 bridgehead atoms. The molecule has 1 N–H and O–H groups in total. The van der Waals surface area contributed by atoms with E-state index in [4.69, 9.17) is 4.98 Å². The summed E-state index contributed by atoms with van der Waals surface area (Å²) in [5, 5.41) is 3.45. The van der Waals surface area contributed by atoms with Crippen LogP contribution in [0.5, 0.6) is 0 Å². The molecule has 2 heterocycles. The third-order valence-electron chi connectivity index (χ3n) is 3.95. The van der Waals surface area contributed by atoms with E-state index < -0.39 is 0 Å². The fraction of sp³-hybridized carbons (Fsp3) is 0.0500. The summed E-state index contributed by atoms with van der Waals surface area (Å²) in [4.78, 5) is 4.75. The van der Waals surface area contributed by atoms with E-state index in [1.165, 1.54) is 12.1 Å². The van der Waals surface area contributed by atoms with Crippen LogP contribution in [0.25, 0.3) is 16.9 Å². The molecule has 2 aromatic carbocycles. The molecule has 0 saturated heterocycles. The average molecular weight is 317 g/mol. The van der Waals surface area contributed by atoms with Crippen LogP contribution in [0, 0.1) is 5.82 Å². The van der Waals surface area contributed by atoms with Gasteiger partial charge in [-0.25, -0.2) is 9.37 Å². The molecule has 0 saturated carbocycles. The molecule has 0 aliphatic carbocycles. The summed E-state index contributed by atoms with van der Waals surface area (Å²) in [5.74, 6) is 0.708. The minimum absolute atomic E-state index is 0.224. The van der Waals surface area contributed by atoms with E-state index in [9.17, 15) is 4.39 Å². The van der Waals surface area contributed by atoms with Crippen LogP contribution < -0.4 is 5.32 Å². The minimum atomic E-state index is -0.224. The molecule has 0 aliphatic rings. The molecule has 0 atom stereocenters. The summed E-state index contributed by atoms with van der Waals surface area (Å²) >= 11 is 0. The Labute approximate surface area is 139 Å². The second-order valence-corrected chi connectivity index (χ2v) is 5.58. The lowest BCUT2D eigenvalue weighted by Gasteiger charge is -2.09. The van der Waals surface area contributed by atoms with Crippen LogP contribution in [0.4, 0.5) is 10.2 Å². The van der Waals surface area contributed by atoms with Gasteiger partial charge in [0.1, 0.15) is 23.0 Å². The Balaban J connectivity index is 1.74. The topological polar surface area (TPSA) is 29.3 Å². The Morgan fingerprint density at radius 2 is 1.62 bits per heavy atom. The van der Waals surface area contributed by atoms with Gasteiger partial charge in [-0.2, -0.15) is 0 Å². The van der Waals surface area contributed by atoms with Gasteiger partial charge < -0.3 is 5.32 Å². The van der Waals surface area contributed by atoms with Crippen LogP contribution in [0.1, 0.15) is 5.56 Å². The molecule has 0 spiro atoms. The molecular formula is C20H16FN3. The first kappa shape index (κ1) is 14.5. The summed E-state index contributed by atoms with van der Waals surface area (Å²) in [6.07, 6.45) is 1.99. The maximum absolute atomic E-state index is 13.1. The third kappa shape index (κ3) is 2.74. The van der Waals surface area contributed by atoms with Crippen molar-refractivity contribution in [1.29, 1.82) is 0 Å². The summed E-state index contributed by atoms with van der Waals surface area (Å²) in [6, 6.07) is 22.5. The van der Waals surface area contributed by atoms with E-state index in [1.54, 1.807) is 12.1 Å². The van der Waals surface area contributed by atoms with Crippen LogP contribution >= 0.6 is 0 Å². The number of aromatic nitrogens is 2. The number of benzene rings is 2. The van der Waals surface area contributed by atoms with E-state index in [2.05, 4.69) is 5.32 Å². The lowest BCUT2D eigenvalue weighted by molar-refractivity contribution is 0.627. The van der Waals surface area contributed by atoms with Gasteiger partial charge in [-0.15, -0.1) is 0 Å². The van der Waals surface area contributed by atoms with E-state index >= 15 is 0 Å². The summed E-state index contributed by atoms with van der Waals surface area (Å²) in [6.45, 7) is 0.600. The van der Waals surface area contributed by atoms with Gasteiger partial charge in [0.15, 0.2) is 0 Å². The van der Waals surface area contributed by atoms with Crippen molar-refractivity contribution < 1.29 is 4.39 Å². The molecule has 3 nitrogen and oxygen atoms in total. The smallest absolute Gasteiger partial charge is 0.139 e. The zero-order valence-corrected chi connectivity index (χ0v) is 13.0. The maximum Gasteiger partial charge on any atom is 0.139 e. The number of rotatable bonds is 4. The maximum atomic E-state index is 13.1. The lowest BCUT2D eigenvalue weighted by atomic mass is 10.1. The highest BCUT2D eigenvalue weighted by atomic mass is 19.1. The molecule has 0 aliphatic heterocycles. The molecule has 4 heteroatoms. The molecule has 0 radical (unpaired) electrons. The zero-order chi connectivity index (χ0) is 16.4. The van der Waals surface area contributed by atoms with Crippen LogP contribution in [-0.4, -0.2) is 9.38 Å². The van der Waals surface area contributed by atoms with Crippen molar-refractivity contribution in [3.8, 4) is 11.3 Å². The van der Waals surface area contributed by atoms with Gasteiger partial charge in [0.05, 0.1) is 0 Å². The summed E-state index contributed by atoms with van der Waals surface area (Å²) in [7, 11) is 0. The Morgan fingerprint density at radius 3 is 2.42 bits per heavy atom. The van der Waals surface area contributed by atoms with Gasteiger partial charge in [-0.3, -0.25) is 4.40 Å². The number of nitrogens with one attached hydrogen (secondary N) is 1. The fourth-order valence-corrected chi connectivity index (χ4v) is 2.75. The first-order valence-corrected chi connectivity index (χ1v) is 7.82. The number of fused-ring (bicyclic) bond motifs is 1. The molecule has 0 fully saturated rings. The summed E-state index contributed by atoms with van der Waals surface area (Å²) in [5.41, 5.74) is 3.87. The zero-order valence-electron chi connectivity index (χ0n) is 13.0. The van der Waals surface area contributed by atoms with Crippen molar-refractivity contribution in [3.63, 3.8) is 0 Å². The molecule has 4 rings (SSSR count). The van der Waals surface area contributed by atoms with E-state index in [-0.39, 0.29) is 5.82 Å². The first-order chi connectivity index (χ1) is 11.8. The number of anilines is 1. The highest BCUT2D eigenvalue weighted by molar-refractivity contribution is 5.76. The van der Waals surface area contributed by atoms with Crippen LogP contribution in [0.2, 0.25) is 0 Å². The van der Waals surface area contributed by atoms with Gasteiger partial charge in [0.2, 0.25) is 0 Å². The van der Waals surface area contributed by atoms with Crippen molar-refractivity contribution in [2.45, 2.75) is 6.54 Å². The number of nitrogens with zero attached hydrogens (tertiary/aromatic N) is 2. The molecule has 24 heavy (non-hydrogen) atoms. The van der Waals surface area contributed by atoms with Crippen molar-refractivity contribution in [1.82, 2.24) is 9.38 Å². The van der Waals surface area contributed by atoms with E-state index in [0.29, 0.717) is 6.54 Å². The normalized spacial score (nSPS) is 10.9. The van der Waals surface area contributed by atoms with Crippen molar-refractivity contribution >= 4 is 11.5 Å². The van der Waals surface area contributed by atoms with Crippen LogP contribution in [0.15, 0.2) is 79.0 Å². The van der Waals surface area contributed by atoms with E-state index in [0.717, 1.165) is 28.3 Å². The predicted octanol–water partition coefficient (Wildman–Crippen LogP) is 4.75. The van der Waals surface area contributed by atoms with Crippen molar-refractivity contribution in [2.75, 3.05) is 5.32 Å². The number of imidazole rings is 1. The highest BCUT2D eigenvalue weighted by Gasteiger charge is 2.13. The number of pyridine rings is 1. The SMILES string of the molecule is Fc1ccc(CNc2c(-c3ccccc3)nc3ccccn23)cc1. The lowest BCUT2D eigenvalue weighted by Crippen LogP contribution is -2.03. The van der Waals surface area contributed by atoms with Gasteiger partial charge in [-0.1, -0.05) is 48.5 Å². The molecule has 0 amide bonds. The van der Waals surface area contributed by atoms with Gasteiger partial charge in [-0.05, 0) is 29.8 Å². The second-order valence-electron chi connectivity index (χ2n) is 5.58. The Kier molecular flexibility index (Phi) is 3.71. The molecule has 0 unspecified atom stereocenters. The second kappa shape index (κ2) is 6.16. The largest absolute Gasteiger partial charge is 0.365 e. The molecule has 2 aromatic heterocycles. The quantitative estimate of drug-likeness (QED) is 0.588. The predicted molar refractivity (Wildman–Crippen MR) is 94.4 cm³/mol. The first-order valence-electron chi connectivity index (χ1n) is 7.82. The van der Waals surface area contributed by atoms with Crippen LogP contribution in [0.3, 0.4) is 0 Å². The Morgan fingerprint density at radius 1 is 0.875 bits per heavy atom. The third-order valence-corrected chi connectivity index (χ3v) is 3.95.